The first kappa shape index (κ1) is 31.8. The van der Waals surface area contributed by atoms with Crippen LogP contribution in [0.2, 0.25) is 0 Å². The van der Waals surface area contributed by atoms with Crippen LogP contribution in [0.25, 0.3) is 0 Å². The first-order valence-electron chi connectivity index (χ1n) is 17.2. The predicted molar refractivity (Wildman–Crippen MR) is 167 cm³/mol. The SMILES string of the molecule is CCOC(=O)C(C)NC(=O)[C@@]1(C)CC[C@]2(C)CC[C@]3(C)C(=CC(=O)[C@@H]4C5(C)CC[C@H](CC)C(C)(C)C5CC[C@]43C)[C@@H]2C1. The topological polar surface area (TPSA) is 72.5 Å². The number of carbonyl (C=O) groups is 3. The normalized spacial score (nSPS) is 46.6. The van der Waals surface area contributed by atoms with Crippen molar-refractivity contribution in [1.29, 1.82) is 0 Å². The van der Waals surface area contributed by atoms with Crippen LogP contribution in [-0.4, -0.2) is 30.3 Å². The molecule has 3 unspecified atom stereocenters. The fourth-order valence-electron chi connectivity index (χ4n) is 11.9. The zero-order valence-corrected chi connectivity index (χ0v) is 28.4. The standard InChI is InChI=1S/C37H59NO4/c1-11-24-13-15-35(8)28(32(24,4)5)14-16-37(10)29(35)27(39)21-25-26-22-34(7,31(41)38-23(3)30(40)42-12-2)18-17-33(26,6)19-20-36(25,37)9/h21,23-24,26,28-29H,11-20,22H2,1-10H3,(H,38,41)/t23?,24-,26-,28?,29+,33+,34-,35?,36+,37+/m0/s1. The van der Waals surface area contributed by atoms with Gasteiger partial charge in [0.1, 0.15) is 6.04 Å². The average Bonchev–Trinajstić information content (AvgIpc) is 2.90. The van der Waals surface area contributed by atoms with Crippen molar-refractivity contribution in [2.75, 3.05) is 6.61 Å². The molecule has 0 heterocycles. The molecule has 5 heteroatoms. The van der Waals surface area contributed by atoms with Crippen LogP contribution in [0.5, 0.6) is 0 Å². The summed E-state index contributed by atoms with van der Waals surface area (Å²) in [5.41, 5.74) is 0.974. The van der Waals surface area contributed by atoms with E-state index in [1.165, 1.54) is 24.8 Å². The molecule has 0 bridgehead atoms. The summed E-state index contributed by atoms with van der Waals surface area (Å²) in [6.45, 7) is 23.0. The van der Waals surface area contributed by atoms with E-state index < -0.39 is 11.5 Å². The molecular weight excluding hydrogens is 522 g/mol. The summed E-state index contributed by atoms with van der Waals surface area (Å²) in [6, 6.07) is -0.669. The van der Waals surface area contributed by atoms with Gasteiger partial charge in [0, 0.05) is 11.3 Å². The summed E-state index contributed by atoms with van der Waals surface area (Å²) in [7, 11) is 0. The van der Waals surface area contributed by atoms with Gasteiger partial charge in [-0.2, -0.15) is 0 Å². The molecule has 5 aliphatic carbocycles. The number of esters is 1. The summed E-state index contributed by atoms with van der Waals surface area (Å²) < 4.78 is 5.15. The third-order valence-electron chi connectivity index (χ3n) is 14.9. The number of ketones is 1. The quantitative estimate of drug-likeness (QED) is 0.333. The maximum atomic E-state index is 14.6. The summed E-state index contributed by atoms with van der Waals surface area (Å²) >= 11 is 0. The van der Waals surface area contributed by atoms with Crippen LogP contribution in [0.1, 0.15) is 133 Å². The van der Waals surface area contributed by atoms with Crippen molar-refractivity contribution in [3.8, 4) is 0 Å². The molecule has 42 heavy (non-hydrogen) atoms. The van der Waals surface area contributed by atoms with Crippen LogP contribution in [0.3, 0.4) is 0 Å². The first-order valence-corrected chi connectivity index (χ1v) is 17.2. The lowest BCUT2D eigenvalue weighted by Crippen LogP contribution is -2.66. The molecule has 0 aromatic rings. The third-order valence-corrected chi connectivity index (χ3v) is 14.9. The largest absolute Gasteiger partial charge is 0.464 e. The molecule has 0 spiro atoms. The van der Waals surface area contributed by atoms with E-state index >= 15 is 0 Å². The van der Waals surface area contributed by atoms with Gasteiger partial charge < -0.3 is 10.1 Å². The van der Waals surface area contributed by atoms with E-state index in [4.69, 9.17) is 4.74 Å². The Morgan fingerprint density at radius 3 is 2.26 bits per heavy atom. The number of hydrogen-bond donors (Lipinski definition) is 1. The minimum absolute atomic E-state index is 0.0231. The molecular formula is C37H59NO4. The Bertz CT molecular complexity index is 1170. The number of hydrogen-bond acceptors (Lipinski definition) is 4. The number of ether oxygens (including phenoxy) is 1. The minimum atomic E-state index is -0.669. The first-order chi connectivity index (χ1) is 19.4. The van der Waals surface area contributed by atoms with Crippen LogP contribution in [-0.2, 0) is 19.1 Å². The molecule has 5 nitrogen and oxygen atoms in total. The van der Waals surface area contributed by atoms with Crippen molar-refractivity contribution < 1.29 is 19.1 Å². The number of allylic oxidation sites excluding steroid dienone is 2. The van der Waals surface area contributed by atoms with Crippen molar-refractivity contribution in [2.45, 2.75) is 139 Å². The van der Waals surface area contributed by atoms with Crippen molar-refractivity contribution in [3.05, 3.63) is 11.6 Å². The van der Waals surface area contributed by atoms with E-state index in [-0.39, 0.29) is 50.8 Å². The Labute approximate surface area is 255 Å². The van der Waals surface area contributed by atoms with E-state index in [0.29, 0.717) is 18.3 Å². The van der Waals surface area contributed by atoms with Crippen molar-refractivity contribution in [2.24, 2.45) is 56.2 Å². The number of carbonyl (C=O) groups excluding carboxylic acids is 3. The maximum Gasteiger partial charge on any atom is 0.328 e. The summed E-state index contributed by atoms with van der Waals surface area (Å²) in [6.07, 6.45) is 12.8. The van der Waals surface area contributed by atoms with Crippen LogP contribution in [0, 0.1) is 56.2 Å². The second kappa shape index (κ2) is 10.2. The maximum absolute atomic E-state index is 14.6. The number of fused-ring (bicyclic) bond motifs is 7. The number of amides is 1. The Balaban J connectivity index is 1.50. The van der Waals surface area contributed by atoms with Gasteiger partial charge in [-0.15, -0.1) is 0 Å². The Morgan fingerprint density at radius 2 is 1.62 bits per heavy atom. The van der Waals surface area contributed by atoms with Crippen LogP contribution in [0.15, 0.2) is 11.6 Å². The van der Waals surface area contributed by atoms with Crippen molar-refractivity contribution in [1.82, 2.24) is 5.32 Å². The predicted octanol–water partition coefficient (Wildman–Crippen LogP) is 8.06. The highest BCUT2D eigenvalue weighted by molar-refractivity contribution is 5.96. The highest BCUT2D eigenvalue weighted by Crippen LogP contribution is 2.75. The molecule has 4 fully saturated rings. The Hall–Kier alpha value is -1.65. The average molecular weight is 582 g/mol. The lowest BCUT2D eigenvalue weighted by Gasteiger charge is -2.70. The Morgan fingerprint density at radius 1 is 0.952 bits per heavy atom. The van der Waals surface area contributed by atoms with Gasteiger partial charge in [-0.3, -0.25) is 9.59 Å². The molecule has 0 aromatic heterocycles. The Kier molecular flexibility index (Phi) is 7.71. The zero-order chi connectivity index (χ0) is 31.1. The molecule has 1 amide bonds. The molecule has 0 aliphatic heterocycles. The third kappa shape index (κ3) is 4.31. The fourth-order valence-corrected chi connectivity index (χ4v) is 11.9. The number of nitrogens with one attached hydrogen (secondary N) is 1. The zero-order valence-electron chi connectivity index (χ0n) is 28.4. The highest BCUT2D eigenvalue weighted by Gasteiger charge is 2.70. The summed E-state index contributed by atoms with van der Waals surface area (Å²) in [4.78, 5) is 40.6. The van der Waals surface area contributed by atoms with Crippen LogP contribution < -0.4 is 5.32 Å². The molecule has 5 aliphatic rings. The van der Waals surface area contributed by atoms with E-state index in [0.717, 1.165) is 50.9 Å². The van der Waals surface area contributed by atoms with Gasteiger partial charge in [-0.1, -0.05) is 67.4 Å². The van der Waals surface area contributed by atoms with Crippen molar-refractivity contribution in [3.63, 3.8) is 0 Å². The second-order valence-electron chi connectivity index (χ2n) is 17.2. The molecule has 0 aromatic carbocycles. The summed E-state index contributed by atoms with van der Waals surface area (Å²) in [5, 5.41) is 2.98. The lowest BCUT2D eigenvalue weighted by molar-refractivity contribution is -0.193. The van der Waals surface area contributed by atoms with E-state index in [9.17, 15) is 14.4 Å². The lowest BCUT2D eigenvalue weighted by atomic mass is 9.33. The molecule has 236 valence electrons. The van der Waals surface area contributed by atoms with Gasteiger partial charge in [0.05, 0.1) is 6.61 Å². The minimum Gasteiger partial charge on any atom is -0.464 e. The van der Waals surface area contributed by atoms with Gasteiger partial charge >= 0.3 is 5.97 Å². The van der Waals surface area contributed by atoms with E-state index in [1.54, 1.807) is 13.8 Å². The van der Waals surface area contributed by atoms with E-state index in [2.05, 4.69) is 66.8 Å². The molecule has 10 atom stereocenters. The smallest absolute Gasteiger partial charge is 0.328 e. The van der Waals surface area contributed by atoms with Crippen LogP contribution >= 0.6 is 0 Å². The molecule has 4 saturated carbocycles. The molecule has 1 N–H and O–H groups in total. The van der Waals surface area contributed by atoms with Gasteiger partial charge in [-0.05, 0) is 123 Å². The van der Waals surface area contributed by atoms with Crippen LogP contribution in [0.4, 0.5) is 0 Å². The number of rotatable bonds is 5. The van der Waals surface area contributed by atoms with Gasteiger partial charge in [0.2, 0.25) is 5.91 Å². The van der Waals surface area contributed by atoms with E-state index in [1.807, 2.05) is 0 Å². The monoisotopic (exact) mass is 581 g/mol. The van der Waals surface area contributed by atoms with Crippen molar-refractivity contribution >= 4 is 17.7 Å². The second-order valence-corrected chi connectivity index (χ2v) is 17.2. The molecule has 0 radical (unpaired) electrons. The summed E-state index contributed by atoms with van der Waals surface area (Å²) in [5.74, 6) is 1.46. The highest BCUT2D eigenvalue weighted by atomic mass is 16.5. The van der Waals surface area contributed by atoms with Gasteiger partial charge in [0.15, 0.2) is 5.78 Å². The molecule has 5 rings (SSSR count). The van der Waals surface area contributed by atoms with Gasteiger partial charge in [-0.25, -0.2) is 4.79 Å². The van der Waals surface area contributed by atoms with Gasteiger partial charge in [0.25, 0.3) is 0 Å². The fraction of sp³-hybridized carbons (Fsp3) is 0.865. The molecule has 0 saturated heterocycles.